The first-order chi connectivity index (χ1) is 9.45. The molecule has 20 heavy (non-hydrogen) atoms. The first-order valence-corrected chi connectivity index (χ1v) is 7.36. The van der Waals surface area contributed by atoms with E-state index >= 15 is 0 Å². The molecule has 108 valence electrons. The van der Waals surface area contributed by atoms with Crippen molar-refractivity contribution < 1.29 is 17.2 Å². The maximum atomic E-state index is 13.9. The minimum atomic E-state index is -3.91. The second-order valence-electron chi connectivity index (χ2n) is 4.31. The summed E-state index contributed by atoms with van der Waals surface area (Å²) in [7, 11) is -2.54. The lowest BCUT2D eigenvalue weighted by molar-refractivity contribution is 0.404. The van der Waals surface area contributed by atoms with Gasteiger partial charge in [-0.1, -0.05) is 6.07 Å². The van der Waals surface area contributed by atoms with Gasteiger partial charge in [-0.25, -0.2) is 12.8 Å². The van der Waals surface area contributed by atoms with Crippen LogP contribution in [0.3, 0.4) is 0 Å². The smallest absolute Gasteiger partial charge is 0.246 e. The third kappa shape index (κ3) is 2.90. The first kappa shape index (κ1) is 14.7. The summed E-state index contributed by atoms with van der Waals surface area (Å²) in [6.45, 7) is 0.187. The van der Waals surface area contributed by atoms with Crippen LogP contribution in [0.25, 0.3) is 0 Å². The van der Waals surface area contributed by atoms with Crippen molar-refractivity contribution in [2.24, 2.45) is 5.73 Å². The van der Waals surface area contributed by atoms with Crippen LogP contribution < -0.4 is 5.73 Å². The Morgan fingerprint density at radius 2 is 2.10 bits per heavy atom. The summed E-state index contributed by atoms with van der Waals surface area (Å²) in [5, 5.41) is 0. The van der Waals surface area contributed by atoms with E-state index in [0.29, 0.717) is 11.3 Å². The number of nitrogens with zero attached hydrogens (tertiary/aromatic N) is 1. The molecule has 7 heteroatoms. The standard InChI is InChI=1S/C13H15FN2O3S/c1-16(9-11-3-2-6-19-11)20(17,18)13-5-4-10(8-15)7-12(13)14/h2-7H,8-9,15H2,1H3. The summed E-state index contributed by atoms with van der Waals surface area (Å²) < 4.78 is 44.6. The zero-order chi connectivity index (χ0) is 14.8. The number of sulfonamides is 1. The molecule has 0 saturated heterocycles. The molecule has 0 fully saturated rings. The molecule has 0 radical (unpaired) electrons. The van der Waals surface area contributed by atoms with Gasteiger partial charge in [0.1, 0.15) is 16.5 Å². The van der Waals surface area contributed by atoms with E-state index in [1.165, 1.54) is 25.4 Å². The van der Waals surface area contributed by atoms with Gasteiger partial charge in [-0.15, -0.1) is 0 Å². The third-order valence-corrected chi connectivity index (χ3v) is 4.72. The summed E-state index contributed by atoms with van der Waals surface area (Å²) >= 11 is 0. The van der Waals surface area contributed by atoms with Gasteiger partial charge in [-0.2, -0.15) is 4.31 Å². The normalized spacial score (nSPS) is 12.0. The summed E-state index contributed by atoms with van der Waals surface area (Å²) in [4.78, 5) is -0.372. The van der Waals surface area contributed by atoms with Crippen LogP contribution >= 0.6 is 0 Å². The molecule has 0 aliphatic rings. The van der Waals surface area contributed by atoms with Gasteiger partial charge in [0, 0.05) is 13.6 Å². The predicted molar refractivity (Wildman–Crippen MR) is 71.7 cm³/mol. The van der Waals surface area contributed by atoms with E-state index < -0.39 is 15.8 Å². The van der Waals surface area contributed by atoms with Crippen LogP contribution in [-0.2, 0) is 23.1 Å². The Balaban J connectivity index is 2.30. The Bertz CT molecular complexity index is 684. The number of nitrogens with two attached hydrogens (primary N) is 1. The van der Waals surface area contributed by atoms with Crippen molar-refractivity contribution in [1.82, 2.24) is 4.31 Å². The van der Waals surface area contributed by atoms with Gasteiger partial charge in [0.2, 0.25) is 10.0 Å². The monoisotopic (exact) mass is 298 g/mol. The highest BCUT2D eigenvalue weighted by atomic mass is 32.2. The average Bonchev–Trinajstić information content (AvgIpc) is 2.91. The van der Waals surface area contributed by atoms with E-state index in [9.17, 15) is 12.8 Å². The van der Waals surface area contributed by atoms with Crippen LogP contribution in [0.2, 0.25) is 0 Å². The van der Waals surface area contributed by atoms with Crippen molar-refractivity contribution in [3.05, 3.63) is 53.7 Å². The molecule has 0 atom stereocenters. The summed E-state index contributed by atoms with van der Waals surface area (Å²) in [5.74, 6) is -0.325. The molecule has 1 aromatic carbocycles. The molecule has 0 unspecified atom stereocenters. The number of halogens is 1. The zero-order valence-electron chi connectivity index (χ0n) is 10.9. The van der Waals surface area contributed by atoms with E-state index in [4.69, 9.17) is 10.2 Å². The quantitative estimate of drug-likeness (QED) is 0.911. The summed E-state index contributed by atoms with van der Waals surface area (Å²) in [6, 6.07) is 7.17. The summed E-state index contributed by atoms with van der Waals surface area (Å²) in [6.07, 6.45) is 1.45. The van der Waals surface area contributed by atoms with E-state index in [2.05, 4.69) is 0 Å². The van der Waals surface area contributed by atoms with E-state index in [1.807, 2.05) is 0 Å². The zero-order valence-corrected chi connectivity index (χ0v) is 11.7. The topological polar surface area (TPSA) is 76.5 Å². The Kier molecular flexibility index (Phi) is 4.22. The Morgan fingerprint density at radius 1 is 1.35 bits per heavy atom. The number of rotatable bonds is 5. The molecule has 0 spiro atoms. The predicted octanol–water partition coefficient (Wildman–Crippen LogP) is 1.70. The van der Waals surface area contributed by atoms with Gasteiger partial charge in [0.05, 0.1) is 12.8 Å². The minimum absolute atomic E-state index is 0.0351. The Labute approximate surface area is 116 Å². The van der Waals surface area contributed by atoms with Crippen molar-refractivity contribution in [3.63, 3.8) is 0 Å². The van der Waals surface area contributed by atoms with Crippen molar-refractivity contribution in [2.75, 3.05) is 7.05 Å². The van der Waals surface area contributed by atoms with Crippen LogP contribution in [0.4, 0.5) is 4.39 Å². The Morgan fingerprint density at radius 3 is 2.65 bits per heavy atom. The second kappa shape index (κ2) is 5.74. The van der Waals surface area contributed by atoms with Crippen molar-refractivity contribution in [2.45, 2.75) is 18.0 Å². The maximum Gasteiger partial charge on any atom is 0.246 e. The van der Waals surface area contributed by atoms with Crippen LogP contribution in [0.5, 0.6) is 0 Å². The van der Waals surface area contributed by atoms with Crippen molar-refractivity contribution >= 4 is 10.0 Å². The van der Waals surface area contributed by atoms with Crippen LogP contribution in [0, 0.1) is 5.82 Å². The molecule has 0 aliphatic heterocycles. The SMILES string of the molecule is CN(Cc1ccco1)S(=O)(=O)c1ccc(CN)cc1F. The number of hydrogen-bond donors (Lipinski definition) is 1. The first-order valence-electron chi connectivity index (χ1n) is 5.92. The number of furan rings is 1. The van der Waals surface area contributed by atoms with Gasteiger partial charge in [-0.05, 0) is 29.8 Å². The highest BCUT2D eigenvalue weighted by Crippen LogP contribution is 2.21. The highest BCUT2D eigenvalue weighted by Gasteiger charge is 2.25. The molecule has 0 bridgehead atoms. The van der Waals surface area contributed by atoms with Gasteiger partial charge in [0.25, 0.3) is 0 Å². The fourth-order valence-electron chi connectivity index (χ4n) is 1.76. The van der Waals surface area contributed by atoms with Crippen molar-refractivity contribution in [1.29, 1.82) is 0 Å². The van der Waals surface area contributed by atoms with Crippen molar-refractivity contribution in [3.8, 4) is 0 Å². The molecule has 0 aliphatic carbocycles. The van der Waals surface area contributed by atoms with E-state index in [-0.39, 0.29) is 18.0 Å². The average molecular weight is 298 g/mol. The van der Waals surface area contributed by atoms with E-state index in [0.717, 1.165) is 10.4 Å². The number of benzene rings is 1. The van der Waals surface area contributed by atoms with Gasteiger partial charge in [-0.3, -0.25) is 0 Å². The molecule has 1 heterocycles. The largest absolute Gasteiger partial charge is 0.468 e. The number of hydrogen-bond acceptors (Lipinski definition) is 4. The minimum Gasteiger partial charge on any atom is -0.468 e. The molecule has 0 saturated carbocycles. The molecule has 2 aromatic rings. The van der Waals surface area contributed by atoms with Gasteiger partial charge >= 0.3 is 0 Å². The molecule has 1 aromatic heterocycles. The van der Waals surface area contributed by atoms with Gasteiger partial charge in [0.15, 0.2) is 0 Å². The van der Waals surface area contributed by atoms with E-state index in [1.54, 1.807) is 12.1 Å². The molecule has 2 N–H and O–H groups in total. The molecular formula is C13H15FN2O3S. The Hall–Kier alpha value is -1.70. The van der Waals surface area contributed by atoms with Crippen LogP contribution in [-0.4, -0.2) is 19.8 Å². The molecular weight excluding hydrogens is 283 g/mol. The third-order valence-electron chi connectivity index (χ3n) is 2.88. The van der Waals surface area contributed by atoms with Crippen LogP contribution in [0.1, 0.15) is 11.3 Å². The lowest BCUT2D eigenvalue weighted by Gasteiger charge is -2.16. The second-order valence-corrected chi connectivity index (χ2v) is 6.32. The van der Waals surface area contributed by atoms with Gasteiger partial charge < -0.3 is 10.2 Å². The summed E-state index contributed by atoms with van der Waals surface area (Å²) in [5.41, 5.74) is 5.93. The lowest BCUT2D eigenvalue weighted by atomic mass is 10.2. The maximum absolute atomic E-state index is 13.9. The molecule has 2 rings (SSSR count). The molecule has 0 amide bonds. The van der Waals surface area contributed by atoms with Crippen LogP contribution in [0.15, 0.2) is 45.9 Å². The fraction of sp³-hybridized carbons (Fsp3) is 0.231. The highest BCUT2D eigenvalue weighted by molar-refractivity contribution is 7.89. The fourth-order valence-corrected chi connectivity index (χ4v) is 2.93. The molecule has 5 nitrogen and oxygen atoms in total. The lowest BCUT2D eigenvalue weighted by Crippen LogP contribution is -2.27.